The molecule has 1 N–H and O–H groups in total. The number of halogens is 2. The number of amides is 1. The highest BCUT2D eigenvalue weighted by molar-refractivity contribution is 7.90. The first-order valence-corrected chi connectivity index (χ1v) is 12.9. The number of benzene rings is 2. The Kier molecular flexibility index (Phi) is 5.75. The van der Waals surface area contributed by atoms with Crippen molar-refractivity contribution in [2.24, 2.45) is 0 Å². The first-order chi connectivity index (χ1) is 16.3. The van der Waals surface area contributed by atoms with E-state index in [4.69, 9.17) is 0 Å². The molecule has 0 unspecified atom stereocenters. The third-order valence-corrected chi connectivity index (χ3v) is 8.49. The summed E-state index contributed by atoms with van der Waals surface area (Å²) in [5, 5.41) is 2.86. The van der Waals surface area contributed by atoms with Crippen molar-refractivity contribution in [1.29, 1.82) is 0 Å². The summed E-state index contributed by atoms with van der Waals surface area (Å²) >= 11 is 1.50. The third kappa shape index (κ3) is 4.36. The molecule has 34 heavy (non-hydrogen) atoms. The highest BCUT2D eigenvalue weighted by Crippen LogP contribution is 2.36. The van der Waals surface area contributed by atoms with Crippen LogP contribution in [0, 0.1) is 11.6 Å². The fourth-order valence-electron chi connectivity index (χ4n) is 3.94. The molecule has 0 bridgehead atoms. The van der Waals surface area contributed by atoms with Gasteiger partial charge in [0.25, 0.3) is 5.91 Å². The van der Waals surface area contributed by atoms with Gasteiger partial charge in [0.1, 0.15) is 16.5 Å². The molecule has 2 aromatic carbocycles. The van der Waals surface area contributed by atoms with Gasteiger partial charge < -0.3 is 5.32 Å². The summed E-state index contributed by atoms with van der Waals surface area (Å²) in [7, 11) is -4.03. The number of aromatic nitrogens is 1. The highest BCUT2D eigenvalue weighted by Gasteiger charge is 2.21. The van der Waals surface area contributed by atoms with Gasteiger partial charge in [-0.25, -0.2) is 17.2 Å². The minimum Gasteiger partial charge on any atom is -0.352 e. The van der Waals surface area contributed by atoms with Crippen LogP contribution < -0.4 is 5.32 Å². The average Bonchev–Trinajstić information content (AvgIpc) is 3.29. The summed E-state index contributed by atoms with van der Waals surface area (Å²) < 4.78 is 52.6. The highest BCUT2D eigenvalue weighted by atomic mass is 32.2. The molecule has 1 aliphatic rings. The monoisotopic (exact) mass is 496 g/mol. The van der Waals surface area contributed by atoms with Gasteiger partial charge in [0.15, 0.2) is 9.84 Å². The lowest BCUT2D eigenvalue weighted by molar-refractivity contribution is 0.0946. The first kappa shape index (κ1) is 22.4. The second kappa shape index (κ2) is 8.73. The van der Waals surface area contributed by atoms with E-state index in [2.05, 4.69) is 10.3 Å². The van der Waals surface area contributed by atoms with Gasteiger partial charge in [-0.15, -0.1) is 11.3 Å². The number of nitrogens with one attached hydrogen (secondary N) is 1. The lowest BCUT2D eigenvalue weighted by Crippen LogP contribution is -2.31. The minimum absolute atomic E-state index is 0.0735. The fourth-order valence-corrected chi connectivity index (χ4v) is 6.31. The van der Waals surface area contributed by atoms with E-state index >= 15 is 0 Å². The lowest BCUT2D eigenvalue weighted by atomic mass is 9.97. The number of sulfone groups is 1. The number of fused-ring (bicyclic) bond motifs is 1. The first-order valence-electron chi connectivity index (χ1n) is 10.4. The molecule has 0 spiro atoms. The van der Waals surface area contributed by atoms with Gasteiger partial charge in [0, 0.05) is 45.9 Å². The SMILES string of the molecule is O=C1NCCc2ccc(-c3ccc(-c4cncc(CS(=O)(=O)c5ccc(F)cc5F)c4)s3)cc21. The van der Waals surface area contributed by atoms with Crippen LogP contribution in [0.5, 0.6) is 0 Å². The molecular formula is C25H18F2N2O3S2. The third-order valence-electron chi connectivity index (χ3n) is 5.59. The number of carbonyl (C=O) groups is 1. The van der Waals surface area contributed by atoms with Gasteiger partial charge in [0.2, 0.25) is 0 Å². The molecule has 0 saturated carbocycles. The molecule has 4 aromatic rings. The van der Waals surface area contributed by atoms with Gasteiger partial charge >= 0.3 is 0 Å². The summed E-state index contributed by atoms with van der Waals surface area (Å²) in [6.07, 6.45) is 3.85. The topological polar surface area (TPSA) is 76.1 Å². The molecule has 0 radical (unpaired) electrons. The zero-order valence-electron chi connectivity index (χ0n) is 17.7. The minimum atomic E-state index is -4.03. The van der Waals surface area contributed by atoms with E-state index in [1.165, 1.54) is 17.5 Å². The van der Waals surface area contributed by atoms with Crippen molar-refractivity contribution in [3.05, 3.63) is 95.3 Å². The molecule has 5 nitrogen and oxygen atoms in total. The number of pyridine rings is 1. The van der Waals surface area contributed by atoms with Crippen LogP contribution in [-0.2, 0) is 22.0 Å². The molecule has 9 heteroatoms. The standard InChI is InChI=1S/C25H18F2N2O3S2/c26-19-3-6-24(21(27)11-19)34(31,32)14-15-9-18(13-28-12-15)23-5-4-22(33-23)17-2-1-16-7-8-29-25(30)20(16)10-17/h1-6,9-13H,7-8,14H2,(H,29,30). The Bertz CT molecular complexity index is 1530. The Morgan fingerprint density at radius 3 is 2.53 bits per heavy atom. The van der Waals surface area contributed by atoms with Gasteiger partial charge in [-0.2, -0.15) is 0 Å². The Morgan fingerprint density at radius 2 is 1.74 bits per heavy atom. The van der Waals surface area contributed by atoms with E-state index in [-0.39, 0.29) is 5.91 Å². The van der Waals surface area contributed by atoms with E-state index in [9.17, 15) is 22.0 Å². The predicted octanol–water partition coefficient (Wildman–Crippen LogP) is 5.02. The van der Waals surface area contributed by atoms with Crippen LogP contribution in [0.25, 0.3) is 20.9 Å². The molecule has 0 fully saturated rings. The summed E-state index contributed by atoms with van der Waals surface area (Å²) in [6, 6.07) is 13.8. The summed E-state index contributed by atoms with van der Waals surface area (Å²) in [6.45, 7) is 0.640. The molecule has 2 aromatic heterocycles. The zero-order valence-corrected chi connectivity index (χ0v) is 19.3. The van der Waals surface area contributed by atoms with Crippen LogP contribution in [0.4, 0.5) is 8.78 Å². The smallest absolute Gasteiger partial charge is 0.251 e. The maximum atomic E-state index is 14.0. The summed E-state index contributed by atoms with van der Waals surface area (Å²) in [4.78, 5) is 17.6. The number of thiophene rings is 1. The molecule has 172 valence electrons. The molecular weight excluding hydrogens is 478 g/mol. The Morgan fingerprint density at radius 1 is 0.941 bits per heavy atom. The molecule has 5 rings (SSSR count). The molecule has 3 heterocycles. The number of hydrogen-bond donors (Lipinski definition) is 1. The molecule has 0 saturated heterocycles. The number of carbonyl (C=O) groups excluding carboxylic acids is 1. The van der Waals surface area contributed by atoms with Crippen LogP contribution in [0.3, 0.4) is 0 Å². The molecule has 0 atom stereocenters. The van der Waals surface area contributed by atoms with E-state index in [0.717, 1.165) is 45.0 Å². The van der Waals surface area contributed by atoms with Crippen molar-refractivity contribution in [3.8, 4) is 20.9 Å². The predicted molar refractivity (Wildman–Crippen MR) is 126 cm³/mol. The van der Waals surface area contributed by atoms with Crippen molar-refractivity contribution < 1.29 is 22.0 Å². The van der Waals surface area contributed by atoms with Gasteiger partial charge in [-0.1, -0.05) is 12.1 Å². The van der Waals surface area contributed by atoms with Crippen LogP contribution in [0.1, 0.15) is 21.5 Å². The largest absolute Gasteiger partial charge is 0.352 e. The average molecular weight is 497 g/mol. The van der Waals surface area contributed by atoms with Crippen molar-refractivity contribution in [2.75, 3.05) is 6.54 Å². The lowest BCUT2D eigenvalue weighted by Gasteiger charge is -2.16. The molecule has 0 aliphatic carbocycles. The van der Waals surface area contributed by atoms with Crippen LogP contribution in [-0.4, -0.2) is 25.9 Å². The van der Waals surface area contributed by atoms with Gasteiger partial charge in [-0.05, 0) is 59.5 Å². The van der Waals surface area contributed by atoms with Gasteiger partial charge in [-0.3, -0.25) is 9.78 Å². The Balaban J connectivity index is 1.42. The summed E-state index contributed by atoms with van der Waals surface area (Å²) in [5.74, 6) is -2.50. The molecule has 1 amide bonds. The normalized spacial score (nSPS) is 13.4. The fraction of sp³-hybridized carbons (Fsp3) is 0.120. The zero-order chi connectivity index (χ0) is 23.9. The van der Waals surface area contributed by atoms with E-state index in [1.54, 1.807) is 12.3 Å². The van der Waals surface area contributed by atoms with Crippen molar-refractivity contribution in [1.82, 2.24) is 10.3 Å². The maximum Gasteiger partial charge on any atom is 0.251 e. The molecule has 1 aliphatic heterocycles. The van der Waals surface area contributed by atoms with Gasteiger partial charge in [0.05, 0.1) is 5.75 Å². The second-order valence-corrected chi connectivity index (χ2v) is 11.0. The van der Waals surface area contributed by atoms with E-state index in [0.29, 0.717) is 23.7 Å². The Labute approximate surface area is 199 Å². The van der Waals surface area contributed by atoms with E-state index in [1.807, 2.05) is 30.3 Å². The Hall–Kier alpha value is -3.43. The summed E-state index contributed by atoms with van der Waals surface area (Å²) in [5.41, 5.74) is 3.74. The second-order valence-electron chi connectivity index (χ2n) is 7.96. The van der Waals surface area contributed by atoms with Crippen molar-refractivity contribution in [2.45, 2.75) is 17.1 Å². The number of hydrogen-bond acceptors (Lipinski definition) is 5. The van der Waals surface area contributed by atoms with Crippen molar-refractivity contribution >= 4 is 27.1 Å². The van der Waals surface area contributed by atoms with Crippen LogP contribution in [0.2, 0.25) is 0 Å². The van der Waals surface area contributed by atoms with Crippen molar-refractivity contribution in [3.63, 3.8) is 0 Å². The number of rotatable bonds is 5. The quantitative estimate of drug-likeness (QED) is 0.394. The van der Waals surface area contributed by atoms with E-state index < -0.39 is 32.1 Å². The van der Waals surface area contributed by atoms with Crippen LogP contribution >= 0.6 is 11.3 Å². The van der Waals surface area contributed by atoms with Crippen LogP contribution in [0.15, 0.2) is 71.9 Å². The maximum absolute atomic E-state index is 14.0. The number of nitrogens with zero attached hydrogens (tertiary/aromatic N) is 1.